The maximum Gasteiger partial charge on any atom is 0.407 e. The first-order valence-corrected chi connectivity index (χ1v) is 16.3. The fourth-order valence-electron chi connectivity index (χ4n) is 4.61. The Bertz CT molecular complexity index is 1560. The monoisotopic (exact) mass is 679 g/mol. The van der Waals surface area contributed by atoms with Crippen LogP contribution in [-0.2, 0) is 20.8 Å². The number of rotatable bonds is 7. The number of amides is 2. The highest BCUT2D eigenvalue weighted by Gasteiger charge is 2.26. The van der Waals surface area contributed by atoms with Gasteiger partial charge in [0.2, 0.25) is 11.9 Å². The van der Waals surface area contributed by atoms with Crippen LogP contribution in [0.5, 0.6) is 17.5 Å². The fourth-order valence-corrected chi connectivity index (χ4v) is 4.61. The van der Waals surface area contributed by atoms with Crippen molar-refractivity contribution < 1.29 is 38.1 Å². The maximum absolute atomic E-state index is 13.6. The van der Waals surface area contributed by atoms with Crippen LogP contribution in [0.15, 0.2) is 42.5 Å². The van der Waals surface area contributed by atoms with E-state index in [1.54, 1.807) is 39.0 Å². The zero-order valence-electron chi connectivity index (χ0n) is 28.6. The number of hydrogen-bond acceptors (Lipinski definition) is 13. The standard InChI is InChI=1S/C34H45N7O8/c1-6-46-32-40-30-35-20-22-11-14-24(15-12-22)47-17-9-7-8-10-18-48-27-19-23(37-31(39-30)41-32)13-16-25(27)28(42)38-26(29(43)45-5)21-36-33(44)49-34(2,3)4/h11-16,19,26H,6-10,17-18,20-21H2,1-5H3,(H,36,44)(H,38,42)(H2,35,37,39,40,41)/t26-/m1/s1. The molecule has 49 heavy (non-hydrogen) atoms. The number of esters is 1. The third kappa shape index (κ3) is 12.0. The summed E-state index contributed by atoms with van der Waals surface area (Å²) < 4.78 is 27.7. The van der Waals surface area contributed by atoms with Gasteiger partial charge in [0.15, 0.2) is 0 Å². The molecule has 2 aromatic carbocycles. The molecular formula is C34H45N7O8. The van der Waals surface area contributed by atoms with E-state index < -0.39 is 29.6 Å². The average molecular weight is 680 g/mol. The first-order valence-electron chi connectivity index (χ1n) is 16.3. The zero-order chi connectivity index (χ0) is 35.2. The molecule has 15 nitrogen and oxygen atoms in total. The zero-order valence-corrected chi connectivity index (χ0v) is 28.6. The molecule has 0 spiro atoms. The highest BCUT2D eigenvalue weighted by atomic mass is 16.6. The van der Waals surface area contributed by atoms with Gasteiger partial charge in [0, 0.05) is 18.3 Å². The molecule has 6 bridgehead atoms. The summed E-state index contributed by atoms with van der Waals surface area (Å²) in [5, 5.41) is 11.5. The van der Waals surface area contributed by atoms with Crippen molar-refractivity contribution in [2.75, 3.05) is 44.1 Å². The van der Waals surface area contributed by atoms with E-state index in [2.05, 4.69) is 36.2 Å². The second-order valence-corrected chi connectivity index (χ2v) is 12.1. The van der Waals surface area contributed by atoms with Crippen molar-refractivity contribution in [2.45, 2.75) is 71.6 Å². The lowest BCUT2D eigenvalue weighted by atomic mass is 10.1. The van der Waals surface area contributed by atoms with Gasteiger partial charge in [-0.05, 0) is 83.2 Å². The minimum Gasteiger partial charge on any atom is -0.494 e. The molecule has 264 valence electrons. The summed E-state index contributed by atoms with van der Waals surface area (Å²) in [5.74, 6) is 0.210. The van der Waals surface area contributed by atoms with E-state index in [4.69, 9.17) is 23.7 Å². The quantitative estimate of drug-likeness (QED) is 0.251. The molecular weight excluding hydrogens is 634 g/mol. The molecule has 1 aromatic heterocycles. The normalized spacial score (nSPS) is 14.2. The third-order valence-corrected chi connectivity index (χ3v) is 6.95. The lowest BCUT2D eigenvalue weighted by Gasteiger charge is -2.22. The molecule has 4 N–H and O–H groups in total. The van der Waals surface area contributed by atoms with Crippen molar-refractivity contribution in [3.63, 3.8) is 0 Å². The lowest BCUT2D eigenvalue weighted by molar-refractivity contribution is -0.142. The van der Waals surface area contributed by atoms with Gasteiger partial charge in [-0.3, -0.25) is 4.79 Å². The highest BCUT2D eigenvalue weighted by molar-refractivity contribution is 5.99. The molecule has 2 aliphatic heterocycles. The number of aromatic nitrogens is 3. The molecule has 3 heterocycles. The topological polar surface area (TPSA) is 184 Å². The Hall–Kier alpha value is -5.34. The Labute approximate surface area is 285 Å². The van der Waals surface area contributed by atoms with Crippen LogP contribution in [-0.4, -0.2) is 78.0 Å². The molecule has 0 fully saturated rings. The Morgan fingerprint density at radius 3 is 2.35 bits per heavy atom. The van der Waals surface area contributed by atoms with Crippen LogP contribution >= 0.6 is 0 Å². The van der Waals surface area contributed by atoms with Crippen LogP contribution in [0.1, 0.15) is 69.3 Å². The number of alkyl carbamates (subject to hydrolysis) is 1. The number of methoxy groups -OCH3 is 1. The Kier molecular flexibility index (Phi) is 13.2. The molecule has 3 aromatic rings. The second-order valence-electron chi connectivity index (χ2n) is 12.1. The van der Waals surface area contributed by atoms with E-state index in [0.717, 1.165) is 37.0 Å². The van der Waals surface area contributed by atoms with E-state index >= 15 is 0 Å². The van der Waals surface area contributed by atoms with E-state index in [1.807, 2.05) is 31.2 Å². The van der Waals surface area contributed by atoms with Crippen molar-refractivity contribution in [1.82, 2.24) is 25.6 Å². The number of carbonyl (C=O) groups excluding carboxylic acids is 3. The highest BCUT2D eigenvalue weighted by Crippen LogP contribution is 2.27. The summed E-state index contributed by atoms with van der Waals surface area (Å²) >= 11 is 0. The number of nitrogens with one attached hydrogen (secondary N) is 4. The molecule has 2 amide bonds. The molecule has 0 saturated carbocycles. The average Bonchev–Trinajstić information content (AvgIpc) is 3.06. The van der Waals surface area contributed by atoms with Gasteiger partial charge < -0.3 is 45.0 Å². The van der Waals surface area contributed by atoms with Crippen molar-refractivity contribution in [3.8, 4) is 17.5 Å². The van der Waals surface area contributed by atoms with E-state index in [9.17, 15) is 14.4 Å². The van der Waals surface area contributed by atoms with Gasteiger partial charge in [0.25, 0.3) is 5.91 Å². The number of anilines is 3. The summed E-state index contributed by atoms with van der Waals surface area (Å²) in [6.45, 7) is 8.46. The number of carbonyl (C=O) groups is 3. The SMILES string of the molecule is CCOc1nc2nc(n1)Nc1ccc(C(=O)N[C@H](CNC(=O)OC(C)(C)C)C(=O)OC)c(c1)OCCCCCCOc1ccc(cc1)CN2. The predicted octanol–water partition coefficient (Wildman–Crippen LogP) is 4.75. The number of benzene rings is 2. The molecule has 0 radical (unpaired) electrons. The summed E-state index contributed by atoms with van der Waals surface area (Å²) in [4.78, 5) is 51.5. The first kappa shape index (κ1) is 36.5. The Morgan fingerprint density at radius 2 is 1.65 bits per heavy atom. The number of hydrogen-bond donors (Lipinski definition) is 4. The second kappa shape index (κ2) is 17.7. The van der Waals surface area contributed by atoms with Crippen LogP contribution in [0.4, 0.5) is 22.4 Å². The third-order valence-electron chi connectivity index (χ3n) is 6.95. The summed E-state index contributed by atoms with van der Waals surface area (Å²) in [5.41, 5.74) is 0.965. The molecule has 2 aliphatic rings. The van der Waals surface area contributed by atoms with Gasteiger partial charge in [-0.25, -0.2) is 9.59 Å². The number of nitrogens with zero attached hydrogens (tertiary/aromatic N) is 3. The van der Waals surface area contributed by atoms with Gasteiger partial charge in [-0.1, -0.05) is 12.1 Å². The molecule has 0 aliphatic carbocycles. The van der Waals surface area contributed by atoms with E-state index in [-0.39, 0.29) is 29.8 Å². The fraction of sp³-hybridized carbons (Fsp3) is 0.471. The summed E-state index contributed by atoms with van der Waals surface area (Å²) in [6.07, 6.45) is 2.70. The minimum absolute atomic E-state index is 0.131. The van der Waals surface area contributed by atoms with Crippen molar-refractivity contribution in [2.24, 2.45) is 0 Å². The largest absolute Gasteiger partial charge is 0.494 e. The van der Waals surface area contributed by atoms with E-state index in [0.29, 0.717) is 38.0 Å². The predicted molar refractivity (Wildman–Crippen MR) is 181 cm³/mol. The molecule has 5 rings (SSSR count). The van der Waals surface area contributed by atoms with Gasteiger partial charge >= 0.3 is 18.1 Å². The van der Waals surface area contributed by atoms with Crippen molar-refractivity contribution >= 4 is 35.6 Å². The van der Waals surface area contributed by atoms with Gasteiger partial charge in [0.05, 0.1) is 39.0 Å². The van der Waals surface area contributed by atoms with Crippen LogP contribution < -0.4 is 35.5 Å². The lowest BCUT2D eigenvalue weighted by Crippen LogP contribution is -2.49. The molecule has 15 heteroatoms. The Balaban J connectivity index is 1.57. The van der Waals surface area contributed by atoms with Crippen molar-refractivity contribution in [1.29, 1.82) is 0 Å². The Morgan fingerprint density at radius 1 is 0.939 bits per heavy atom. The molecule has 0 unspecified atom stereocenters. The molecule has 0 saturated heterocycles. The first-order chi connectivity index (χ1) is 23.5. The van der Waals surface area contributed by atoms with Crippen LogP contribution in [0, 0.1) is 0 Å². The van der Waals surface area contributed by atoms with Gasteiger partial charge in [0.1, 0.15) is 23.1 Å². The molecule has 1 atom stereocenters. The van der Waals surface area contributed by atoms with Crippen LogP contribution in [0.2, 0.25) is 0 Å². The van der Waals surface area contributed by atoms with Crippen LogP contribution in [0.3, 0.4) is 0 Å². The van der Waals surface area contributed by atoms with E-state index in [1.165, 1.54) is 7.11 Å². The number of fused-ring (bicyclic) bond motifs is 10. The van der Waals surface area contributed by atoms with Gasteiger partial charge in [-0.2, -0.15) is 15.0 Å². The smallest absolute Gasteiger partial charge is 0.407 e. The summed E-state index contributed by atoms with van der Waals surface area (Å²) in [7, 11) is 1.19. The van der Waals surface area contributed by atoms with Gasteiger partial charge in [-0.15, -0.1) is 0 Å². The van der Waals surface area contributed by atoms with Crippen molar-refractivity contribution in [3.05, 3.63) is 53.6 Å². The number of ether oxygens (including phenoxy) is 5. The minimum atomic E-state index is -1.20. The van der Waals surface area contributed by atoms with Crippen LogP contribution in [0.25, 0.3) is 0 Å². The summed E-state index contributed by atoms with van der Waals surface area (Å²) in [6, 6.07) is 11.6. The maximum atomic E-state index is 13.6.